The van der Waals surface area contributed by atoms with E-state index in [1.165, 1.54) is 0 Å². The summed E-state index contributed by atoms with van der Waals surface area (Å²) in [6.07, 6.45) is 0.846. The average molecular weight is 291 g/mol. The number of methoxy groups -OCH3 is 1. The van der Waals surface area contributed by atoms with Crippen molar-refractivity contribution in [1.82, 2.24) is 10.2 Å². The smallest absolute Gasteiger partial charge is 0.227 e. The molecule has 21 heavy (non-hydrogen) atoms. The molecular weight excluding hydrogens is 266 g/mol. The van der Waals surface area contributed by atoms with Gasteiger partial charge in [0.25, 0.3) is 0 Å². The predicted molar refractivity (Wildman–Crippen MR) is 83.2 cm³/mol. The van der Waals surface area contributed by atoms with Crippen LogP contribution < -0.4 is 15.8 Å². The zero-order chi connectivity index (χ0) is 15.5. The molecule has 1 aromatic carbocycles. The molecule has 116 valence electrons. The van der Waals surface area contributed by atoms with Gasteiger partial charge in [-0.3, -0.25) is 9.69 Å². The van der Waals surface area contributed by atoms with E-state index in [1.807, 2.05) is 31.2 Å². The number of nitrogens with zero attached hydrogens (tertiary/aromatic N) is 1. The van der Waals surface area contributed by atoms with E-state index < -0.39 is 0 Å². The second kappa shape index (κ2) is 6.45. The van der Waals surface area contributed by atoms with E-state index in [0.717, 1.165) is 24.3 Å². The van der Waals surface area contributed by atoms with Crippen LogP contribution in [-0.4, -0.2) is 44.6 Å². The first kappa shape index (κ1) is 15.8. The Bertz CT molecular complexity index is 506. The fourth-order valence-corrected chi connectivity index (χ4v) is 3.16. The number of carbonyl (C=O) groups excluding carboxylic acids is 1. The minimum Gasteiger partial charge on any atom is -0.496 e. The first-order chi connectivity index (χ1) is 10.1. The number of ether oxygens (including phenoxy) is 1. The predicted octanol–water partition coefficient (Wildman–Crippen LogP) is 1.15. The number of nitrogens with one attached hydrogen (secondary N) is 1. The van der Waals surface area contributed by atoms with Crippen LogP contribution in [0.15, 0.2) is 24.3 Å². The molecule has 2 unspecified atom stereocenters. The van der Waals surface area contributed by atoms with Crippen LogP contribution in [0.5, 0.6) is 5.75 Å². The number of hydrogen-bond acceptors (Lipinski definition) is 4. The Balaban J connectivity index is 2.22. The molecule has 3 N–H and O–H groups in total. The van der Waals surface area contributed by atoms with Crippen molar-refractivity contribution in [3.8, 4) is 5.75 Å². The number of likely N-dealkylation sites (tertiary alicyclic amines) is 1. The molecule has 0 aromatic heterocycles. The van der Waals surface area contributed by atoms with Crippen LogP contribution in [0.4, 0.5) is 0 Å². The van der Waals surface area contributed by atoms with Gasteiger partial charge < -0.3 is 15.8 Å². The third-order valence-corrected chi connectivity index (χ3v) is 4.44. The van der Waals surface area contributed by atoms with Gasteiger partial charge in [0.15, 0.2) is 0 Å². The molecule has 1 saturated heterocycles. The summed E-state index contributed by atoms with van der Waals surface area (Å²) in [7, 11) is 3.36. The Morgan fingerprint density at radius 1 is 1.52 bits per heavy atom. The minimum absolute atomic E-state index is 0.0765. The van der Waals surface area contributed by atoms with Crippen molar-refractivity contribution in [1.29, 1.82) is 0 Å². The zero-order valence-corrected chi connectivity index (χ0v) is 13.1. The number of carbonyl (C=O) groups is 1. The summed E-state index contributed by atoms with van der Waals surface area (Å²) in [5.41, 5.74) is 6.75. The largest absolute Gasteiger partial charge is 0.496 e. The third-order valence-electron chi connectivity index (χ3n) is 4.44. The maximum atomic E-state index is 12.1. The van der Waals surface area contributed by atoms with Gasteiger partial charge in [0, 0.05) is 25.7 Å². The highest BCUT2D eigenvalue weighted by Gasteiger charge is 2.42. The first-order valence-corrected chi connectivity index (χ1v) is 7.35. The van der Waals surface area contributed by atoms with Crippen LogP contribution in [0.1, 0.15) is 24.9 Å². The maximum absolute atomic E-state index is 12.1. The summed E-state index contributed by atoms with van der Waals surface area (Å²) in [6, 6.07) is 8.02. The number of rotatable bonds is 5. The Labute approximate surface area is 126 Å². The molecule has 1 amide bonds. The number of para-hydroxylation sites is 1. The van der Waals surface area contributed by atoms with Crippen molar-refractivity contribution in [2.24, 2.45) is 11.1 Å². The molecule has 0 aliphatic carbocycles. The van der Waals surface area contributed by atoms with Crippen molar-refractivity contribution < 1.29 is 9.53 Å². The van der Waals surface area contributed by atoms with Gasteiger partial charge >= 0.3 is 0 Å². The molecular formula is C16H25N3O2. The van der Waals surface area contributed by atoms with Gasteiger partial charge in [0.1, 0.15) is 5.75 Å². The summed E-state index contributed by atoms with van der Waals surface area (Å²) in [5.74, 6) is 0.947. The van der Waals surface area contributed by atoms with E-state index in [2.05, 4.69) is 10.2 Å². The van der Waals surface area contributed by atoms with Gasteiger partial charge in [-0.25, -0.2) is 0 Å². The molecule has 0 saturated carbocycles. The quantitative estimate of drug-likeness (QED) is 0.854. The second-order valence-electron chi connectivity index (χ2n) is 5.85. The Morgan fingerprint density at radius 2 is 2.24 bits per heavy atom. The van der Waals surface area contributed by atoms with Crippen LogP contribution >= 0.6 is 0 Å². The Morgan fingerprint density at radius 3 is 2.86 bits per heavy atom. The lowest BCUT2D eigenvalue weighted by Gasteiger charge is -2.30. The van der Waals surface area contributed by atoms with E-state index in [1.54, 1.807) is 14.2 Å². The summed E-state index contributed by atoms with van der Waals surface area (Å²) in [6.45, 7) is 4.10. The average Bonchev–Trinajstić information content (AvgIpc) is 2.91. The van der Waals surface area contributed by atoms with E-state index in [-0.39, 0.29) is 17.4 Å². The molecule has 5 nitrogen and oxygen atoms in total. The molecule has 5 heteroatoms. The van der Waals surface area contributed by atoms with Gasteiger partial charge in [-0.15, -0.1) is 0 Å². The molecule has 1 aliphatic rings. The monoisotopic (exact) mass is 291 g/mol. The number of benzene rings is 1. The van der Waals surface area contributed by atoms with Crippen molar-refractivity contribution in [3.63, 3.8) is 0 Å². The molecule has 0 spiro atoms. The minimum atomic E-state index is -0.343. The van der Waals surface area contributed by atoms with Crippen LogP contribution in [-0.2, 0) is 4.79 Å². The topological polar surface area (TPSA) is 67.6 Å². The van der Waals surface area contributed by atoms with Gasteiger partial charge in [-0.2, -0.15) is 0 Å². The third kappa shape index (κ3) is 3.04. The van der Waals surface area contributed by atoms with E-state index >= 15 is 0 Å². The molecule has 2 rings (SSSR count). The zero-order valence-electron chi connectivity index (χ0n) is 13.1. The van der Waals surface area contributed by atoms with Crippen molar-refractivity contribution in [2.75, 3.05) is 33.8 Å². The summed E-state index contributed by atoms with van der Waals surface area (Å²) >= 11 is 0. The molecule has 1 aromatic rings. The fourth-order valence-electron chi connectivity index (χ4n) is 3.16. The lowest BCUT2D eigenvalue weighted by molar-refractivity contribution is -0.129. The Hall–Kier alpha value is -1.59. The standard InChI is InChI=1S/C16H25N3O2/c1-16(15(20)18-2)8-9-19(11-16)13(10-17)12-6-4-5-7-14(12)21-3/h4-7,13H,8-11,17H2,1-3H3,(H,18,20). The van der Waals surface area contributed by atoms with E-state index in [4.69, 9.17) is 10.5 Å². The van der Waals surface area contributed by atoms with E-state index in [0.29, 0.717) is 13.1 Å². The lowest BCUT2D eigenvalue weighted by Crippen LogP contribution is -2.40. The highest BCUT2D eigenvalue weighted by atomic mass is 16.5. The second-order valence-corrected chi connectivity index (χ2v) is 5.85. The molecule has 2 atom stereocenters. The maximum Gasteiger partial charge on any atom is 0.227 e. The number of hydrogen-bond donors (Lipinski definition) is 2. The molecule has 1 aliphatic heterocycles. The molecule has 0 radical (unpaired) electrons. The fraction of sp³-hybridized carbons (Fsp3) is 0.562. The van der Waals surface area contributed by atoms with Crippen LogP contribution in [0.25, 0.3) is 0 Å². The summed E-state index contributed by atoms with van der Waals surface area (Å²) in [5, 5.41) is 2.77. The Kier molecular flexibility index (Phi) is 4.85. The molecule has 1 fully saturated rings. The lowest BCUT2D eigenvalue weighted by atomic mass is 9.89. The normalized spacial score (nSPS) is 23.8. The van der Waals surface area contributed by atoms with Crippen molar-refractivity contribution >= 4 is 5.91 Å². The summed E-state index contributed by atoms with van der Waals surface area (Å²) < 4.78 is 5.45. The highest BCUT2D eigenvalue weighted by Crippen LogP contribution is 2.37. The van der Waals surface area contributed by atoms with Crippen LogP contribution in [0, 0.1) is 5.41 Å². The van der Waals surface area contributed by atoms with Crippen molar-refractivity contribution in [2.45, 2.75) is 19.4 Å². The van der Waals surface area contributed by atoms with Gasteiger partial charge in [0.05, 0.1) is 18.6 Å². The van der Waals surface area contributed by atoms with Crippen LogP contribution in [0.3, 0.4) is 0 Å². The van der Waals surface area contributed by atoms with Crippen LogP contribution in [0.2, 0.25) is 0 Å². The molecule has 0 bridgehead atoms. The van der Waals surface area contributed by atoms with Crippen molar-refractivity contribution in [3.05, 3.63) is 29.8 Å². The first-order valence-electron chi connectivity index (χ1n) is 7.35. The number of amides is 1. The molecule has 1 heterocycles. The van der Waals surface area contributed by atoms with Gasteiger partial charge in [0.2, 0.25) is 5.91 Å². The van der Waals surface area contributed by atoms with Gasteiger partial charge in [-0.05, 0) is 26.0 Å². The number of nitrogens with two attached hydrogens (primary N) is 1. The SMILES string of the molecule is CNC(=O)C1(C)CCN(C(CN)c2ccccc2OC)C1. The van der Waals surface area contributed by atoms with Gasteiger partial charge in [-0.1, -0.05) is 18.2 Å². The summed E-state index contributed by atoms with van der Waals surface area (Å²) in [4.78, 5) is 14.3. The highest BCUT2D eigenvalue weighted by molar-refractivity contribution is 5.82. The van der Waals surface area contributed by atoms with E-state index in [9.17, 15) is 4.79 Å².